The number of anilines is 1. The number of pyridine rings is 1. The molecule has 3 nitrogen and oxygen atoms in total. The van der Waals surface area contributed by atoms with Gasteiger partial charge in [0, 0.05) is 23.3 Å². The number of thiophene rings is 1. The monoisotopic (exact) mass is 284 g/mol. The fraction of sp³-hybridized carbons (Fsp3) is 0.100. The Morgan fingerprint density at radius 2 is 2.20 bits per heavy atom. The van der Waals surface area contributed by atoms with Crippen molar-refractivity contribution in [1.29, 1.82) is 0 Å². The number of aromatic nitrogens is 1. The summed E-state index contributed by atoms with van der Waals surface area (Å²) >= 11 is 5.08. The lowest BCUT2D eigenvalue weighted by atomic mass is 10.4. The molecule has 15 heavy (non-hydrogen) atoms. The van der Waals surface area contributed by atoms with Crippen LogP contribution < -0.4 is 11.2 Å². The molecule has 0 spiro atoms. The standard InChI is InChI=1S/C10H9BrN2OS/c11-10-2-1-7(15-10)5-13-4-3-9(14)8(12)6-13/h1-4,6H,5,12H2. The molecular formula is C10H9BrN2OS. The number of rotatable bonds is 2. The van der Waals surface area contributed by atoms with E-state index in [2.05, 4.69) is 15.9 Å². The summed E-state index contributed by atoms with van der Waals surface area (Å²) in [6.07, 6.45) is 3.41. The Labute approximate surface area is 99.3 Å². The van der Waals surface area contributed by atoms with Crippen molar-refractivity contribution in [3.63, 3.8) is 0 Å². The summed E-state index contributed by atoms with van der Waals surface area (Å²) in [5.41, 5.74) is 5.70. The number of halogens is 1. The molecule has 0 atom stereocenters. The van der Waals surface area contributed by atoms with Gasteiger partial charge in [-0.25, -0.2) is 0 Å². The van der Waals surface area contributed by atoms with Gasteiger partial charge in [-0.15, -0.1) is 11.3 Å². The zero-order valence-electron chi connectivity index (χ0n) is 7.81. The van der Waals surface area contributed by atoms with Gasteiger partial charge >= 0.3 is 0 Å². The Morgan fingerprint density at radius 3 is 2.80 bits per heavy atom. The van der Waals surface area contributed by atoms with Crippen LogP contribution in [0.2, 0.25) is 0 Å². The van der Waals surface area contributed by atoms with Gasteiger partial charge in [0.25, 0.3) is 0 Å². The predicted molar refractivity (Wildman–Crippen MR) is 66.2 cm³/mol. The van der Waals surface area contributed by atoms with Crippen LogP contribution in [0.4, 0.5) is 5.69 Å². The van der Waals surface area contributed by atoms with Crippen molar-refractivity contribution in [2.45, 2.75) is 6.54 Å². The van der Waals surface area contributed by atoms with Crippen molar-refractivity contribution >= 4 is 33.0 Å². The van der Waals surface area contributed by atoms with Crippen LogP contribution in [0.3, 0.4) is 0 Å². The molecule has 0 saturated carbocycles. The molecule has 0 aliphatic heterocycles. The van der Waals surface area contributed by atoms with Gasteiger partial charge in [-0.1, -0.05) is 0 Å². The SMILES string of the molecule is Nc1cn(Cc2ccc(Br)s2)ccc1=O. The average Bonchev–Trinajstić information content (AvgIpc) is 2.58. The van der Waals surface area contributed by atoms with Crippen LogP contribution in [0.5, 0.6) is 0 Å². The first-order valence-electron chi connectivity index (χ1n) is 4.35. The molecule has 0 amide bonds. The van der Waals surface area contributed by atoms with Crippen molar-refractivity contribution in [1.82, 2.24) is 4.57 Å². The third kappa shape index (κ3) is 2.49. The molecule has 0 fully saturated rings. The summed E-state index contributed by atoms with van der Waals surface area (Å²) in [6.45, 7) is 0.737. The topological polar surface area (TPSA) is 48.0 Å². The molecular weight excluding hydrogens is 276 g/mol. The van der Waals surface area contributed by atoms with E-state index >= 15 is 0 Å². The first-order valence-corrected chi connectivity index (χ1v) is 5.96. The maximum Gasteiger partial charge on any atom is 0.204 e. The predicted octanol–water partition coefficient (Wildman–Crippen LogP) is 2.30. The second-order valence-corrected chi connectivity index (χ2v) is 5.69. The van der Waals surface area contributed by atoms with Crippen molar-refractivity contribution < 1.29 is 0 Å². The van der Waals surface area contributed by atoms with Gasteiger partial charge in [-0.05, 0) is 28.1 Å². The van der Waals surface area contributed by atoms with E-state index < -0.39 is 0 Å². The maximum absolute atomic E-state index is 11.1. The van der Waals surface area contributed by atoms with Crippen molar-refractivity contribution in [3.05, 3.63) is 49.5 Å². The Morgan fingerprint density at radius 1 is 1.40 bits per heavy atom. The summed E-state index contributed by atoms with van der Waals surface area (Å²) in [4.78, 5) is 12.3. The first kappa shape index (κ1) is 10.4. The van der Waals surface area contributed by atoms with Gasteiger partial charge in [-0.2, -0.15) is 0 Å². The lowest BCUT2D eigenvalue weighted by molar-refractivity contribution is 0.803. The Kier molecular flexibility index (Phi) is 2.93. The third-order valence-corrected chi connectivity index (χ3v) is 3.58. The molecule has 0 aliphatic rings. The number of nitrogen functional groups attached to an aromatic ring is 1. The minimum Gasteiger partial charge on any atom is -0.394 e. The fourth-order valence-corrected chi connectivity index (χ4v) is 2.75. The zero-order valence-corrected chi connectivity index (χ0v) is 10.2. The third-order valence-electron chi connectivity index (χ3n) is 1.97. The van der Waals surface area contributed by atoms with Crippen molar-refractivity contribution in [2.24, 2.45) is 0 Å². The number of nitrogens with zero attached hydrogens (tertiary/aromatic N) is 1. The highest BCUT2D eigenvalue weighted by Crippen LogP contribution is 2.22. The minimum absolute atomic E-state index is 0.126. The minimum atomic E-state index is -0.126. The lowest BCUT2D eigenvalue weighted by Gasteiger charge is -2.04. The molecule has 0 aliphatic carbocycles. The number of hydrogen-bond donors (Lipinski definition) is 1. The zero-order chi connectivity index (χ0) is 10.8. The van der Waals surface area contributed by atoms with Gasteiger partial charge in [0.1, 0.15) is 0 Å². The van der Waals surface area contributed by atoms with Crippen LogP contribution in [-0.2, 0) is 6.54 Å². The molecule has 2 rings (SSSR count). The van der Waals surface area contributed by atoms with E-state index in [1.807, 2.05) is 16.7 Å². The first-order chi connectivity index (χ1) is 7.15. The summed E-state index contributed by atoms with van der Waals surface area (Å²) in [5.74, 6) is 0. The smallest absolute Gasteiger partial charge is 0.204 e. The Bertz CT molecular complexity index is 532. The summed E-state index contributed by atoms with van der Waals surface area (Å²) < 4.78 is 3.00. The van der Waals surface area contributed by atoms with Gasteiger partial charge in [0.2, 0.25) is 5.43 Å². The number of hydrogen-bond acceptors (Lipinski definition) is 3. The highest BCUT2D eigenvalue weighted by molar-refractivity contribution is 9.11. The van der Waals surface area contributed by atoms with Crippen molar-refractivity contribution in [2.75, 3.05) is 5.73 Å². The van der Waals surface area contributed by atoms with Crippen LogP contribution in [0.25, 0.3) is 0 Å². The molecule has 0 bridgehead atoms. The van der Waals surface area contributed by atoms with Crippen LogP contribution in [0.15, 0.2) is 39.2 Å². The fourth-order valence-electron chi connectivity index (χ4n) is 1.26. The number of nitrogens with two attached hydrogens (primary N) is 1. The lowest BCUT2D eigenvalue weighted by Crippen LogP contribution is -2.10. The molecule has 2 N–H and O–H groups in total. The van der Waals surface area contributed by atoms with E-state index in [1.165, 1.54) is 10.9 Å². The van der Waals surface area contributed by atoms with Gasteiger partial charge < -0.3 is 10.3 Å². The molecule has 0 radical (unpaired) electrons. The van der Waals surface area contributed by atoms with Gasteiger partial charge in [0.05, 0.1) is 16.0 Å². The van der Waals surface area contributed by atoms with E-state index in [0.29, 0.717) is 0 Å². The average molecular weight is 285 g/mol. The van der Waals surface area contributed by atoms with E-state index in [4.69, 9.17) is 5.73 Å². The van der Waals surface area contributed by atoms with E-state index in [-0.39, 0.29) is 11.1 Å². The normalized spacial score (nSPS) is 10.5. The molecule has 0 aromatic carbocycles. The van der Waals surface area contributed by atoms with Gasteiger partial charge in [0.15, 0.2) is 0 Å². The van der Waals surface area contributed by atoms with Crippen LogP contribution in [0, 0.1) is 0 Å². The maximum atomic E-state index is 11.1. The molecule has 78 valence electrons. The summed E-state index contributed by atoms with van der Waals surface area (Å²) in [6, 6.07) is 5.53. The second kappa shape index (κ2) is 4.20. The molecule has 2 aromatic heterocycles. The Balaban J connectivity index is 2.25. The van der Waals surface area contributed by atoms with Gasteiger partial charge in [-0.3, -0.25) is 4.79 Å². The molecule has 2 heterocycles. The second-order valence-electron chi connectivity index (χ2n) is 3.14. The quantitative estimate of drug-likeness (QED) is 0.920. The molecule has 5 heteroatoms. The van der Waals surface area contributed by atoms with E-state index in [1.54, 1.807) is 23.7 Å². The van der Waals surface area contributed by atoms with E-state index in [9.17, 15) is 4.79 Å². The highest BCUT2D eigenvalue weighted by atomic mass is 79.9. The molecule has 0 unspecified atom stereocenters. The summed E-state index contributed by atoms with van der Waals surface area (Å²) in [5, 5.41) is 0. The Hall–Kier alpha value is -1.07. The summed E-state index contributed by atoms with van der Waals surface area (Å²) in [7, 11) is 0. The van der Waals surface area contributed by atoms with Crippen LogP contribution in [0.1, 0.15) is 4.88 Å². The molecule has 2 aromatic rings. The van der Waals surface area contributed by atoms with Crippen LogP contribution in [-0.4, -0.2) is 4.57 Å². The molecule has 0 saturated heterocycles. The van der Waals surface area contributed by atoms with Crippen LogP contribution >= 0.6 is 27.3 Å². The van der Waals surface area contributed by atoms with Crippen molar-refractivity contribution in [3.8, 4) is 0 Å². The highest BCUT2D eigenvalue weighted by Gasteiger charge is 1.99. The van der Waals surface area contributed by atoms with E-state index in [0.717, 1.165) is 10.3 Å². The largest absolute Gasteiger partial charge is 0.394 e.